The van der Waals surface area contributed by atoms with E-state index in [2.05, 4.69) is 62.3 Å². The lowest BCUT2D eigenvalue weighted by Crippen LogP contribution is -2.07. The van der Waals surface area contributed by atoms with E-state index in [0.717, 1.165) is 22.3 Å². The summed E-state index contributed by atoms with van der Waals surface area (Å²) in [6.45, 7) is 1.21. The molecule has 150 valence electrons. The summed E-state index contributed by atoms with van der Waals surface area (Å²) in [5.74, 6) is 2.06. The lowest BCUT2D eigenvalue weighted by molar-refractivity contribution is 0.185. The Kier molecular flexibility index (Phi) is 5.82. The van der Waals surface area contributed by atoms with E-state index in [1.54, 1.807) is 30.7 Å². The Balaban J connectivity index is 1.65. The minimum Gasteiger partial charge on any atom is -0.479 e. The van der Waals surface area contributed by atoms with E-state index in [-0.39, 0.29) is 0 Å². The monoisotopic (exact) mass is 409 g/mol. The van der Waals surface area contributed by atoms with Gasteiger partial charge in [-0.1, -0.05) is 54.2 Å². The summed E-state index contributed by atoms with van der Waals surface area (Å²) < 4.78 is 14.5. The van der Waals surface area contributed by atoms with Crippen molar-refractivity contribution in [2.45, 2.75) is 17.5 Å². The standard InChI is InChI=1S/C21H23N5O2S/c1-25-13-18(20(24-25)28-3)19-22-23-21(26(19)11-12-27-2)29-14-16-9-6-8-15-7-4-5-10-17(15)16/h4-10,13H,11-12,14H2,1-3H3. The number of nitrogens with zero attached hydrogens (tertiary/aromatic N) is 5. The molecule has 0 saturated heterocycles. The molecule has 4 rings (SSSR count). The zero-order valence-electron chi connectivity index (χ0n) is 16.7. The first-order chi connectivity index (χ1) is 14.2. The van der Waals surface area contributed by atoms with Gasteiger partial charge in [0, 0.05) is 26.1 Å². The third-order valence-corrected chi connectivity index (χ3v) is 5.72. The van der Waals surface area contributed by atoms with Crippen LogP contribution in [0.1, 0.15) is 5.56 Å². The third kappa shape index (κ3) is 3.99. The highest BCUT2D eigenvalue weighted by molar-refractivity contribution is 7.98. The second kappa shape index (κ2) is 8.67. The zero-order chi connectivity index (χ0) is 20.2. The molecule has 2 aromatic heterocycles. The van der Waals surface area contributed by atoms with Crippen molar-refractivity contribution in [1.82, 2.24) is 24.5 Å². The SMILES string of the molecule is COCCn1c(SCc2cccc3ccccc23)nnc1-c1cn(C)nc1OC. The van der Waals surface area contributed by atoms with Crippen LogP contribution in [0, 0.1) is 0 Å². The predicted molar refractivity (Wildman–Crippen MR) is 114 cm³/mol. The summed E-state index contributed by atoms with van der Waals surface area (Å²) in [5.41, 5.74) is 2.09. The molecule has 0 atom stereocenters. The number of benzene rings is 2. The van der Waals surface area contributed by atoms with Crippen molar-refractivity contribution in [3.63, 3.8) is 0 Å². The highest BCUT2D eigenvalue weighted by atomic mass is 32.2. The summed E-state index contributed by atoms with van der Waals surface area (Å²) in [4.78, 5) is 0. The van der Waals surface area contributed by atoms with Crippen molar-refractivity contribution in [2.24, 2.45) is 7.05 Å². The van der Waals surface area contributed by atoms with Gasteiger partial charge in [-0.3, -0.25) is 9.25 Å². The van der Waals surface area contributed by atoms with Crippen LogP contribution in [0.15, 0.2) is 53.8 Å². The number of rotatable bonds is 8. The minimum atomic E-state index is 0.532. The number of thioether (sulfide) groups is 1. The van der Waals surface area contributed by atoms with Crippen LogP contribution in [0.4, 0.5) is 0 Å². The highest BCUT2D eigenvalue weighted by Gasteiger charge is 2.20. The van der Waals surface area contributed by atoms with Crippen LogP contribution in [0.2, 0.25) is 0 Å². The van der Waals surface area contributed by atoms with Crippen LogP contribution in [0.3, 0.4) is 0 Å². The van der Waals surface area contributed by atoms with Crippen molar-refractivity contribution in [3.8, 4) is 17.3 Å². The minimum absolute atomic E-state index is 0.532. The van der Waals surface area contributed by atoms with Crippen LogP contribution in [-0.4, -0.2) is 45.4 Å². The molecule has 2 aromatic carbocycles. The number of fused-ring (bicyclic) bond motifs is 1. The Morgan fingerprint density at radius 3 is 2.69 bits per heavy atom. The molecule has 0 fully saturated rings. The maximum Gasteiger partial charge on any atom is 0.243 e. The molecule has 2 heterocycles. The van der Waals surface area contributed by atoms with Crippen molar-refractivity contribution < 1.29 is 9.47 Å². The lowest BCUT2D eigenvalue weighted by atomic mass is 10.1. The first-order valence-corrected chi connectivity index (χ1v) is 10.3. The molecule has 4 aromatic rings. The van der Waals surface area contributed by atoms with Crippen molar-refractivity contribution >= 4 is 22.5 Å². The van der Waals surface area contributed by atoms with Crippen molar-refractivity contribution in [3.05, 3.63) is 54.2 Å². The maximum absolute atomic E-state index is 5.42. The second-order valence-electron chi connectivity index (χ2n) is 6.60. The van der Waals surface area contributed by atoms with E-state index in [1.807, 2.05) is 13.2 Å². The molecule has 29 heavy (non-hydrogen) atoms. The van der Waals surface area contributed by atoms with Gasteiger partial charge in [-0.25, -0.2) is 0 Å². The number of hydrogen-bond acceptors (Lipinski definition) is 6. The van der Waals surface area contributed by atoms with E-state index in [9.17, 15) is 0 Å². The molecule has 0 amide bonds. The van der Waals surface area contributed by atoms with Crippen LogP contribution in [0.5, 0.6) is 5.88 Å². The number of hydrogen-bond donors (Lipinski definition) is 0. The Morgan fingerprint density at radius 2 is 1.86 bits per heavy atom. The second-order valence-corrected chi connectivity index (χ2v) is 7.55. The summed E-state index contributed by atoms with van der Waals surface area (Å²) in [5, 5.41) is 16.6. The van der Waals surface area contributed by atoms with E-state index < -0.39 is 0 Å². The molecule has 0 N–H and O–H groups in total. The van der Waals surface area contributed by atoms with E-state index >= 15 is 0 Å². The summed E-state index contributed by atoms with van der Waals surface area (Å²) in [6.07, 6.45) is 1.89. The van der Waals surface area contributed by atoms with Gasteiger partial charge >= 0.3 is 0 Å². The van der Waals surface area contributed by atoms with E-state index in [1.165, 1.54) is 16.3 Å². The highest BCUT2D eigenvalue weighted by Crippen LogP contribution is 2.32. The van der Waals surface area contributed by atoms with Crippen molar-refractivity contribution in [2.75, 3.05) is 20.8 Å². The molecule has 8 heteroatoms. The van der Waals surface area contributed by atoms with E-state index in [0.29, 0.717) is 19.0 Å². The fourth-order valence-corrected chi connectivity index (χ4v) is 4.28. The zero-order valence-corrected chi connectivity index (χ0v) is 17.5. The predicted octanol–water partition coefficient (Wildman–Crippen LogP) is 3.78. The molecule has 0 bridgehead atoms. The average molecular weight is 410 g/mol. The quantitative estimate of drug-likeness (QED) is 0.413. The Hall–Kier alpha value is -2.84. The van der Waals surface area contributed by atoms with Gasteiger partial charge in [-0.15, -0.1) is 15.3 Å². The van der Waals surface area contributed by atoms with Gasteiger partial charge in [0.2, 0.25) is 5.88 Å². The van der Waals surface area contributed by atoms with Gasteiger partial charge in [0.25, 0.3) is 0 Å². The lowest BCUT2D eigenvalue weighted by Gasteiger charge is -2.10. The molecule has 0 radical (unpaired) electrons. The van der Waals surface area contributed by atoms with E-state index in [4.69, 9.17) is 9.47 Å². The Morgan fingerprint density at radius 1 is 1.03 bits per heavy atom. The number of aryl methyl sites for hydroxylation is 1. The molecule has 0 saturated carbocycles. The summed E-state index contributed by atoms with van der Waals surface area (Å²) in [7, 11) is 5.16. The number of ether oxygens (including phenoxy) is 2. The molecule has 0 aliphatic carbocycles. The first kappa shape index (κ1) is 19.5. The Labute approximate surface area is 173 Å². The molecule has 0 aliphatic heterocycles. The van der Waals surface area contributed by atoms with Gasteiger partial charge in [-0.2, -0.15) is 0 Å². The maximum atomic E-state index is 5.42. The van der Waals surface area contributed by atoms with Crippen molar-refractivity contribution in [1.29, 1.82) is 0 Å². The van der Waals surface area contributed by atoms with Crippen LogP contribution in [0.25, 0.3) is 22.2 Å². The Bertz CT molecular complexity index is 1120. The fraction of sp³-hybridized carbons (Fsp3) is 0.286. The molecular formula is C21H23N5O2S. The largest absolute Gasteiger partial charge is 0.479 e. The fourth-order valence-electron chi connectivity index (χ4n) is 3.31. The number of methoxy groups -OCH3 is 2. The molecule has 0 spiro atoms. The topological polar surface area (TPSA) is 67.0 Å². The smallest absolute Gasteiger partial charge is 0.243 e. The van der Waals surface area contributed by atoms with Crippen LogP contribution >= 0.6 is 11.8 Å². The first-order valence-electron chi connectivity index (χ1n) is 9.31. The van der Waals surface area contributed by atoms with Gasteiger partial charge in [-0.05, 0) is 16.3 Å². The van der Waals surface area contributed by atoms with Gasteiger partial charge in [0.05, 0.1) is 20.3 Å². The molecule has 7 nitrogen and oxygen atoms in total. The molecule has 0 aliphatic rings. The normalized spacial score (nSPS) is 11.3. The average Bonchev–Trinajstić information content (AvgIpc) is 3.32. The van der Waals surface area contributed by atoms with Crippen LogP contribution < -0.4 is 4.74 Å². The molecule has 0 unspecified atom stereocenters. The van der Waals surface area contributed by atoms with Gasteiger partial charge < -0.3 is 9.47 Å². The summed E-state index contributed by atoms with van der Waals surface area (Å²) in [6, 6.07) is 14.8. The molecular weight excluding hydrogens is 386 g/mol. The number of aromatic nitrogens is 5. The third-order valence-electron chi connectivity index (χ3n) is 4.70. The van der Waals surface area contributed by atoms with Gasteiger partial charge in [0.15, 0.2) is 11.0 Å². The van der Waals surface area contributed by atoms with Crippen LogP contribution in [-0.2, 0) is 24.1 Å². The van der Waals surface area contributed by atoms with Gasteiger partial charge in [0.1, 0.15) is 5.56 Å². The summed E-state index contributed by atoms with van der Waals surface area (Å²) >= 11 is 1.67.